The summed E-state index contributed by atoms with van der Waals surface area (Å²) in [5, 5.41) is 15.4. The van der Waals surface area contributed by atoms with Crippen LogP contribution >= 0.6 is 23.4 Å². The predicted octanol–water partition coefficient (Wildman–Crippen LogP) is 2.72. The Morgan fingerprint density at radius 2 is 1.96 bits per heavy atom. The molecule has 1 aromatic heterocycles. The molecular weight excluding hydrogens is 398 g/mol. The van der Waals surface area contributed by atoms with Gasteiger partial charge in [-0.3, -0.25) is 9.59 Å². The zero-order valence-electron chi connectivity index (χ0n) is 15.1. The molecule has 0 saturated carbocycles. The molecule has 0 bridgehead atoms. The van der Waals surface area contributed by atoms with Crippen molar-refractivity contribution >= 4 is 35.1 Å². The summed E-state index contributed by atoms with van der Waals surface area (Å²) in [7, 11) is 0. The van der Waals surface area contributed by atoms with Crippen molar-refractivity contribution in [2.45, 2.75) is 24.5 Å². The molecule has 3 rings (SSSR count). The SMILES string of the molecule is CC(=O)[C@H](Cc1ccccc1)NC(=O)CSc1nnnn1-c1cccc(Cl)c1. The first-order valence-corrected chi connectivity index (χ1v) is 9.90. The molecule has 1 heterocycles. The van der Waals surface area contributed by atoms with Crippen LogP contribution < -0.4 is 5.32 Å². The number of hydrogen-bond acceptors (Lipinski definition) is 6. The van der Waals surface area contributed by atoms with Crippen LogP contribution in [0.5, 0.6) is 0 Å². The first-order chi connectivity index (χ1) is 13.5. The van der Waals surface area contributed by atoms with Crippen molar-refractivity contribution in [1.29, 1.82) is 0 Å². The molecule has 3 aromatic rings. The predicted molar refractivity (Wildman–Crippen MR) is 108 cm³/mol. The zero-order chi connectivity index (χ0) is 19.9. The lowest BCUT2D eigenvalue weighted by molar-refractivity contribution is -0.125. The average Bonchev–Trinajstić information content (AvgIpc) is 3.15. The molecule has 1 N–H and O–H groups in total. The second-order valence-electron chi connectivity index (χ2n) is 6.06. The molecule has 1 amide bonds. The van der Waals surface area contributed by atoms with Crippen LogP contribution in [-0.4, -0.2) is 43.7 Å². The highest BCUT2D eigenvalue weighted by molar-refractivity contribution is 7.99. The van der Waals surface area contributed by atoms with E-state index in [1.54, 1.807) is 18.2 Å². The summed E-state index contributed by atoms with van der Waals surface area (Å²) in [6.45, 7) is 1.47. The van der Waals surface area contributed by atoms with E-state index in [0.717, 1.165) is 5.56 Å². The lowest BCUT2D eigenvalue weighted by Gasteiger charge is -2.16. The summed E-state index contributed by atoms with van der Waals surface area (Å²) in [4.78, 5) is 24.3. The number of aromatic nitrogens is 4. The van der Waals surface area contributed by atoms with E-state index in [4.69, 9.17) is 11.6 Å². The number of nitrogens with one attached hydrogen (secondary N) is 1. The maximum atomic E-state index is 12.4. The minimum absolute atomic E-state index is 0.0828. The van der Waals surface area contributed by atoms with Crippen molar-refractivity contribution < 1.29 is 9.59 Å². The molecule has 0 unspecified atom stereocenters. The molecule has 9 heteroatoms. The van der Waals surface area contributed by atoms with Crippen LogP contribution in [0.1, 0.15) is 12.5 Å². The second-order valence-corrected chi connectivity index (χ2v) is 7.44. The van der Waals surface area contributed by atoms with E-state index in [1.807, 2.05) is 36.4 Å². The Morgan fingerprint density at radius 1 is 1.18 bits per heavy atom. The van der Waals surface area contributed by atoms with Gasteiger partial charge in [0.2, 0.25) is 11.1 Å². The van der Waals surface area contributed by atoms with Gasteiger partial charge in [0.15, 0.2) is 5.78 Å². The molecule has 0 aliphatic heterocycles. The molecule has 144 valence electrons. The van der Waals surface area contributed by atoms with E-state index in [0.29, 0.717) is 22.3 Å². The van der Waals surface area contributed by atoms with Gasteiger partial charge in [-0.15, -0.1) is 5.10 Å². The highest BCUT2D eigenvalue weighted by Gasteiger charge is 2.19. The Hall–Kier alpha value is -2.71. The van der Waals surface area contributed by atoms with Gasteiger partial charge >= 0.3 is 0 Å². The van der Waals surface area contributed by atoms with Crippen LogP contribution in [0.25, 0.3) is 5.69 Å². The van der Waals surface area contributed by atoms with E-state index in [9.17, 15) is 9.59 Å². The zero-order valence-corrected chi connectivity index (χ0v) is 16.7. The summed E-state index contributed by atoms with van der Waals surface area (Å²) in [5.74, 6) is -0.271. The number of benzene rings is 2. The van der Waals surface area contributed by atoms with E-state index in [-0.39, 0.29) is 17.4 Å². The van der Waals surface area contributed by atoms with Crippen molar-refractivity contribution in [3.63, 3.8) is 0 Å². The Bertz CT molecular complexity index is 964. The van der Waals surface area contributed by atoms with Gasteiger partial charge in [0, 0.05) is 5.02 Å². The Labute approximate surface area is 171 Å². The quantitative estimate of drug-likeness (QED) is 0.569. The largest absolute Gasteiger partial charge is 0.345 e. The molecule has 28 heavy (non-hydrogen) atoms. The minimum atomic E-state index is -0.570. The number of carbonyl (C=O) groups is 2. The monoisotopic (exact) mass is 415 g/mol. The van der Waals surface area contributed by atoms with Crippen LogP contribution in [0, 0.1) is 0 Å². The fourth-order valence-corrected chi connectivity index (χ4v) is 3.44. The minimum Gasteiger partial charge on any atom is -0.345 e. The van der Waals surface area contributed by atoms with Gasteiger partial charge < -0.3 is 5.32 Å². The van der Waals surface area contributed by atoms with E-state index in [1.165, 1.54) is 23.4 Å². The molecule has 1 atom stereocenters. The Morgan fingerprint density at radius 3 is 2.68 bits per heavy atom. The Kier molecular flexibility index (Phi) is 6.78. The third-order valence-corrected chi connectivity index (χ3v) is 5.09. The average molecular weight is 416 g/mol. The summed E-state index contributed by atoms with van der Waals surface area (Å²) >= 11 is 7.19. The lowest BCUT2D eigenvalue weighted by atomic mass is 10.0. The van der Waals surface area contributed by atoms with Gasteiger partial charge in [-0.25, -0.2) is 0 Å². The van der Waals surface area contributed by atoms with Crippen molar-refractivity contribution in [2.24, 2.45) is 0 Å². The summed E-state index contributed by atoms with van der Waals surface area (Å²) in [5.41, 5.74) is 1.69. The lowest BCUT2D eigenvalue weighted by Crippen LogP contribution is -2.42. The number of thioether (sulfide) groups is 1. The molecule has 2 aromatic carbocycles. The summed E-state index contributed by atoms with van der Waals surface area (Å²) in [6, 6.07) is 16.1. The fraction of sp³-hybridized carbons (Fsp3) is 0.211. The van der Waals surface area contributed by atoms with Crippen molar-refractivity contribution in [1.82, 2.24) is 25.5 Å². The van der Waals surface area contributed by atoms with Crippen molar-refractivity contribution in [3.8, 4) is 5.69 Å². The van der Waals surface area contributed by atoms with Crippen LogP contribution in [-0.2, 0) is 16.0 Å². The third kappa shape index (κ3) is 5.40. The molecule has 0 spiro atoms. The molecule has 0 fully saturated rings. The van der Waals surface area contributed by atoms with Crippen LogP contribution in [0.2, 0.25) is 5.02 Å². The highest BCUT2D eigenvalue weighted by atomic mass is 35.5. The first kappa shape index (κ1) is 20.0. The molecule has 7 nitrogen and oxygen atoms in total. The maximum absolute atomic E-state index is 12.4. The number of ketones is 1. The van der Waals surface area contributed by atoms with Gasteiger partial charge in [0.25, 0.3) is 0 Å². The van der Waals surface area contributed by atoms with Gasteiger partial charge in [-0.05, 0) is 47.5 Å². The van der Waals surface area contributed by atoms with Crippen LogP contribution in [0.3, 0.4) is 0 Å². The van der Waals surface area contributed by atoms with Crippen LogP contribution in [0.4, 0.5) is 0 Å². The van der Waals surface area contributed by atoms with E-state index < -0.39 is 6.04 Å². The first-order valence-electron chi connectivity index (χ1n) is 8.54. The smallest absolute Gasteiger partial charge is 0.231 e. The van der Waals surface area contributed by atoms with Gasteiger partial charge in [0.1, 0.15) is 0 Å². The molecule has 0 aliphatic carbocycles. The number of tetrazole rings is 1. The topological polar surface area (TPSA) is 89.8 Å². The number of rotatable bonds is 8. The third-order valence-electron chi connectivity index (χ3n) is 3.93. The van der Waals surface area contributed by atoms with E-state index >= 15 is 0 Å². The number of carbonyl (C=O) groups excluding carboxylic acids is 2. The number of hydrogen-bond donors (Lipinski definition) is 1. The number of Topliss-reactive ketones (excluding diaryl/α,β-unsaturated/α-hetero) is 1. The van der Waals surface area contributed by atoms with E-state index in [2.05, 4.69) is 20.8 Å². The van der Waals surface area contributed by atoms with Crippen molar-refractivity contribution in [2.75, 3.05) is 5.75 Å². The molecule has 0 radical (unpaired) electrons. The highest BCUT2D eigenvalue weighted by Crippen LogP contribution is 2.20. The number of halogens is 1. The summed E-state index contributed by atoms with van der Waals surface area (Å²) < 4.78 is 1.51. The molecular formula is C19H18ClN5O2S. The number of amides is 1. The normalized spacial score (nSPS) is 11.8. The van der Waals surface area contributed by atoms with Crippen LogP contribution in [0.15, 0.2) is 59.8 Å². The fourth-order valence-electron chi connectivity index (χ4n) is 2.55. The van der Waals surface area contributed by atoms with Gasteiger partial charge in [-0.1, -0.05) is 59.8 Å². The van der Waals surface area contributed by atoms with Gasteiger partial charge in [-0.2, -0.15) is 4.68 Å². The number of nitrogens with zero attached hydrogens (tertiary/aromatic N) is 4. The summed E-state index contributed by atoms with van der Waals surface area (Å²) in [6.07, 6.45) is 0.451. The molecule has 0 saturated heterocycles. The standard InChI is InChI=1S/C19H18ClN5O2S/c1-13(26)17(10-14-6-3-2-4-7-14)21-18(27)12-28-19-22-23-24-25(19)16-9-5-8-15(20)11-16/h2-9,11,17H,10,12H2,1H3,(H,21,27)/t17-/m0/s1. The van der Waals surface area contributed by atoms with Crippen molar-refractivity contribution in [3.05, 3.63) is 65.2 Å². The van der Waals surface area contributed by atoms with Gasteiger partial charge in [0.05, 0.1) is 17.5 Å². The Balaban J connectivity index is 1.61. The maximum Gasteiger partial charge on any atom is 0.231 e. The second kappa shape index (κ2) is 9.48. The molecule has 0 aliphatic rings.